The molecule has 0 fully saturated rings. The predicted molar refractivity (Wildman–Crippen MR) is 103 cm³/mol. The van der Waals surface area contributed by atoms with Crippen LogP contribution in [0.4, 0.5) is 0 Å². The summed E-state index contributed by atoms with van der Waals surface area (Å²) < 4.78 is 12.2. The maximum absolute atomic E-state index is 12.7. The summed E-state index contributed by atoms with van der Waals surface area (Å²) in [5, 5.41) is 12.5. The molecule has 0 atom stereocenters. The summed E-state index contributed by atoms with van der Waals surface area (Å²) >= 11 is 1.28. The van der Waals surface area contributed by atoms with E-state index in [0.29, 0.717) is 22.2 Å². The van der Waals surface area contributed by atoms with Crippen LogP contribution in [0.25, 0.3) is 5.69 Å². The molecule has 0 saturated carbocycles. The summed E-state index contributed by atoms with van der Waals surface area (Å²) in [4.78, 5) is 12.7. The maximum atomic E-state index is 12.7. The lowest BCUT2D eigenvalue weighted by atomic mass is 10.1. The van der Waals surface area contributed by atoms with Crippen LogP contribution in [0, 0.1) is 13.8 Å². The molecule has 27 heavy (non-hydrogen) atoms. The Balaban J connectivity index is 1.83. The average Bonchev–Trinajstić information content (AvgIpc) is 3.13. The molecular formula is C19H20N4O3S. The fraction of sp³-hybridized carbons (Fsp3) is 0.263. The van der Waals surface area contributed by atoms with Gasteiger partial charge >= 0.3 is 0 Å². The summed E-state index contributed by atoms with van der Waals surface area (Å²) in [5.41, 5.74) is 3.52. The summed E-state index contributed by atoms with van der Waals surface area (Å²) in [6.07, 6.45) is 0. The lowest BCUT2D eigenvalue weighted by Crippen LogP contribution is -2.08. The summed E-state index contributed by atoms with van der Waals surface area (Å²) in [6.45, 7) is 4.01. The molecule has 1 aromatic heterocycles. The molecule has 0 N–H and O–H groups in total. The summed E-state index contributed by atoms with van der Waals surface area (Å²) in [5.74, 6) is 1.20. The molecule has 0 aliphatic rings. The van der Waals surface area contributed by atoms with Crippen LogP contribution in [0.15, 0.2) is 41.6 Å². The van der Waals surface area contributed by atoms with Gasteiger partial charge in [-0.25, -0.2) is 0 Å². The lowest BCUT2D eigenvalue weighted by molar-refractivity contribution is 0.101. The van der Waals surface area contributed by atoms with Gasteiger partial charge in [0, 0.05) is 0 Å². The van der Waals surface area contributed by atoms with Gasteiger partial charge in [0.2, 0.25) is 5.16 Å². The van der Waals surface area contributed by atoms with Crippen molar-refractivity contribution in [3.05, 3.63) is 53.1 Å². The molecule has 7 nitrogen and oxygen atoms in total. The first-order valence-corrected chi connectivity index (χ1v) is 9.26. The molecule has 0 amide bonds. The van der Waals surface area contributed by atoms with Crippen molar-refractivity contribution in [1.29, 1.82) is 0 Å². The average molecular weight is 384 g/mol. The highest BCUT2D eigenvalue weighted by Gasteiger charge is 2.18. The number of aromatic nitrogens is 4. The zero-order valence-electron chi connectivity index (χ0n) is 15.6. The van der Waals surface area contributed by atoms with E-state index in [1.165, 1.54) is 18.9 Å². The number of carbonyl (C=O) groups excluding carboxylic acids is 1. The van der Waals surface area contributed by atoms with E-state index in [9.17, 15) is 4.79 Å². The smallest absolute Gasteiger partial charge is 0.214 e. The normalized spacial score (nSPS) is 10.7. The van der Waals surface area contributed by atoms with E-state index >= 15 is 0 Å². The van der Waals surface area contributed by atoms with Crippen molar-refractivity contribution in [3.63, 3.8) is 0 Å². The Bertz CT molecular complexity index is 951. The highest BCUT2D eigenvalue weighted by molar-refractivity contribution is 7.99. The van der Waals surface area contributed by atoms with Gasteiger partial charge in [0.05, 0.1) is 31.2 Å². The molecule has 140 valence electrons. The van der Waals surface area contributed by atoms with E-state index in [1.54, 1.807) is 30.0 Å². The summed E-state index contributed by atoms with van der Waals surface area (Å²) in [6, 6.07) is 11.2. The van der Waals surface area contributed by atoms with Crippen molar-refractivity contribution in [3.8, 4) is 17.2 Å². The standard InChI is InChI=1S/C19H20N4O3S/c1-12-6-5-7-13(2)18(12)23-19(20-21-22-23)27-11-16(24)15-10-14(25-3)8-9-17(15)26-4/h5-10H,11H2,1-4H3. The number of hydrogen-bond acceptors (Lipinski definition) is 7. The Morgan fingerprint density at radius 1 is 1.11 bits per heavy atom. The lowest BCUT2D eigenvalue weighted by Gasteiger charge is -2.11. The minimum Gasteiger partial charge on any atom is -0.497 e. The van der Waals surface area contributed by atoms with Crippen LogP contribution in [-0.2, 0) is 0 Å². The zero-order valence-corrected chi connectivity index (χ0v) is 16.4. The Morgan fingerprint density at radius 2 is 1.85 bits per heavy atom. The molecule has 0 radical (unpaired) electrons. The quantitative estimate of drug-likeness (QED) is 0.457. The predicted octanol–water partition coefficient (Wildman–Crippen LogP) is 3.27. The highest BCUT2D eigenvalue weighted by atomic mass is 32.2. The fourth-order valence-electron chi connectivity index (χ4n) is 2.79. The van der Waals surface area contributed by atoms with Crippen LogP contribution in [0.5, 0.6) is 11.5 Å². The number of aryl methyl sites for hydroxylation is 2. The number of ether oxygens (including phenoxy) is 2. The van der Waals surface area contributed by atoms with Gasteiger partial charge in [-0.1, -0.05) is 30.0 Å². The van der Waals surface area contributed by atoms with E-state index in [0.717, 1.165) is 16.8 Å². The molecule has 3 rings (SSSR count). The number of hydrogen-bond donors (Lipinski definition) is 0. The van der Waals surface area contributed by atoms with Crippen LogP contribution in [0.2, 0.25) is 0 Å². The zero-order chi connectivity index (χ0) is 19.4. The molecule has 1 heterocycles. The van der Waals surface area contributed by atoms with Gasteiger partial charge in [0.1, 0.15) is 11.5 Å². The first kappa shape index (κ1) is 18.9. The molecule has 2 aromatic carbocycles. The number of nitrogens with zero attached hydrogens (tertiary/aromatic N) is 4. The molecule has 0 aliphatic heterocycles. The second kappa shape index (κ2) is 8.22. The van der Waals surface area contributed by atoms with E-state index in [4.69, 9.17) is 9.47 Å². The molecule has 0 bridgehead atoms. The van der Waals surface area contributed by atoms with Crippen molar-refractivity contribution in [1.82, 2.24) is 20.2 Å². The van der Waals surface area contributed by atoms with Gasteiger partial charge in [0.15, 0.2) is 5.78 Å². The van der Waals surface area contributed by atoms with E-state index in [1.807, 2.05) is 32.0 Å². The van der Waals surface area contributed by atoms with E-state index in [2.05, 4.69) is 15.5 Å². The van der Waals surface area contributed by atoms with Gasteiger partial charge in [-0.15, -0.1) is 5.10 Å². The molecular weight excluding hydrogens is 364 g/mol. The van der Waals surface area contributed by atoms with Crippen molar-refractivity contribution in [2.45, 2.75) is 19.0 Å². The third-order valence-corrected chi connectivity index (χ3v) is 5.05. The molecule has 8 heteroatoms. The fourth-order valence-corrected chi connectivity index (χ4v) is 3.55. The second-order valence-corrected chi connectivity index (χ2v) is 6.83. The molecule has 0 saturated heterocycles. The van der Waals surface area contributed by atoms with Gasteiger partial charge in [-0.05, 0) is 53.6 Å². The second-order valence-electron chi connectivity index (χ2n) is 5.89. The minimum absolute atomic E-state index is 0.0909. The highest BCUT2D eigenvalue weighted by Crippen LogP contribution is 2.28. The Labute approximate surface area is 161 Å². The van der Waals surface area contributed by atoms with Crippen molar-refractivity contribution in [2.75, 3.05) is 20.0 Å². The number of rotatable bonds is 7. The molecule has 0 aliphatic carbocycles. The number of carbonyl (C=O) groups is 1. The SMILES string of the molecule is COc1ccc(OC)c(C(=O)CSc2nnnn2-c2c(C)cccc2C)c1. The molecule has 0 unspecified atom stereocenters. The van der Waals surface area contributed by atoms with Crippen LogP contribution in [0.3, 0.4) is 0 Å². The Hall–Kier alpha value is -2.87. The number of Topliss-reactive ketones (excluding diaryl/α,β-unsaturated/α-hetero) is 1. The number of tetrazole rings is 1. The van der Waals surface area contributed by atoms with Gasteiger partial charge in [0.25, 0.3) is 0 Å². The third kappa shape index (κ3) is 3.95. The number of ketones is 1. The third-order valence-electron chi connectivity index (χ3n) is 4.13. The van der Waals surface area contributed by atoms with Crippen LogP contribution in [-0.4, -0.2) is 46.0 Å². The van der Waals surface area contributed by atoms with Gasteiger partial charge in [-0.3, -0.25) is 4.79 Å². The first-order chi connectivity index (χ1) is 13.0. The number of benzene rings is 2. The van der Waals surface area contributed by atoms with Crippen molar-refractivity contribution < 1.29 is 14.3 Å². The molecule has 0 spiro atoms. The minimum atomic E-state index is -0.0909. The summed E-state index contributed by atoms with van der Waals surface area (Å²) in [7, 11) is 3.09. The first-order valence-electron chi connectivity index (χ1n) is 8.28. The van der Waals surface area contributed by atoms with Crippen molar-refractivity contribution >= 4 is 17.5 Å². The van der Waals surface area contributed by atoms with E-state index in [-0.39, 0.29) is 11.5 Å². The van der Waals surface area contributed by atoms with Gasteiger partial charge in [-0.2, -0.15) is 4.68 Å². The number of methoxy groups -OCH3 is 2. The van der Waals surface area contributed by atoms with Crippen LogP contribution < -0.4 is 9.47 Å². The number of para-hydroxylation sites is 1. The molecule has 3 aromatic rings. The monoisotopic (exact) mass is 384 g/mol. The van der Waals surface area contributed by atoms with Crippen LogP contribution in [0.1, 0.15) is 21.5 Å². The van der Waals surface area contributed by atoms with Crippen LogP contribution >= 0.6 is 11.8 Å². The Kier molecular flexibility index (Phi) is 5.75. The number of thioether (sulfide) groups is 1. The maximum Gasteiger partial charge on any atom is 0.214 e. The van der Waals surface area contributed by atoms with E-state index < -0.39 is 0 Å². The largest absolute Gasteiger partial charge is 0.497 e. The van der Waals surface area contributed by atoms with Crippen molar-refractivity contribution in [2.24, 2.45) is 0 Å². The topological polar surface area (TPSA) is 79.1 Å². The van der Waals surface area contributed by atoms with Gasteiger partial charge < -0.3 is 9.47 Å². The Morgan fingerprint density at radius 3 is 2.52 bits per heavy atom.